The van der Waals surface area contributed by atoms with Gasteiger partial charge in [0.05, 0.1) is 12.2 Å². The number of aryl methyl sites for hydroxylation is 1. The van der Waals surface area contributed by atoms with E-state index in [1.54, 1.807) is 29.3 Å². The van der Waals surface area contributed by atoms with Crippen molar-refractivity contribution in [1.29, 1.82) is 0 Å². The molecule has 0 N–H and O–H groups in total. The minimum absolute atomic E-state index is 0.111. The first-order valence-corrected chi connectivity index (χ1v) is 8.15. The maximum Gasteiger partial charge on any atom is 0.350 e. The quantitative estimate of drug-likeness (QED) is 0.712. The van der Waals surface area contributed by atoms with Crippen molar-refractivity contribution in [3.05, 3.63) is 58.6 Å². The van der Waals surface area contributed by atoms with E-state index in [1.165, 1.54) is 9.08 Å². The number of ether oxygens (including phenoxy) is 1. The zero-order valence-electron chi connectivity index (χ0n) is 14.0. The zero-order valence-corrected chi connectivity index (χ0v) is 14.0. The minimum atomic E-state index is -0.325. The Hall–Kier alpha value is -3.09. The lowest BCUT2D eigenvalue weighted by atomic mass is 10.1. The van der Waals surface area contributed by atoms with Crippen molar-refractivity contribution < 1.29 is 9.53 Å². The van der Waals surface area contributed by atoms with Gasteiger partial charge in [-0.05, 0) is 43.7 Å². The van der Waals surface area contributed by atoms with E-state index in [9.17, 15) is 9.59 Å². The van der Waals surface area contributed by atoms with Gasteiger partial charge in [0.15, 0.2) is 5.65 Å². The molecule has 128 valence electrons. The van der Waals surface area contributed by atoms with Gasteiger partial charge in [-0.2, -0.15) is 0 Å². The predicted octanol–water partition coefficient (Wildman–Crippen LogP) is 1.62. The third-order valence-corrected chi connectivity index (χ3v) is 4.25. The van der Waals surface area contributed by atoms with Crippen LogP contribution in [0.2, 0.25) is 0 Å². The molecule has 0 saturated heterocycles. The summed E-state index contributed by atoms with van der Waals surface area (Å²) >= 11 is 0. The highest BCUT2D eigenvalue weighted by molar-refractivity contribution is 5.95. The summed E-state index contributed by atoms with van der Waals surface area (Å²) in [6.07, 6.45) is 1.52. The molecule has 7 nitrogen and oxygen atoms in total. The Balaban J connectivity index is 1.67. The Morgan fingerprint density at radius 2 is 2.16 bits per heavy atom. The molecule has 4 rings (SSSR count). The number of fused-ring (bicyclic) bond motifs is 2. The number of anilines is 1. The first-order chi connectivity index (χ1) is 12.0. The van der Waals surface area contributed by atoms with E-state index in [0.717, 1.165) is 11.3 Å². The Morgan fingerprint density at radius 3 is 2.96 bits per heavy atom. The second kappa shape index (κ2) is 5.77. The number of benzene rings is 1. The fourth-order valence-electron chi connectivity index (χ4n) is 3.07. The van der Waals surface area contributed by atoms with Gasteiger partial charge >= 0.3 is 5.69 Å². The van der Waals surface area contributed by atoms with E-state index in [0.29, 0.717) is 17.9 Å². The lowest BCUT2D eigenvalue weighted by Crippen LogP contribution is -2.44. The van der Waals surface area contributed by atoms with Crippen molar-refractivity contribution in [2.45, 2.75) is 26.5 Å². The van der Waals surface area contributed by atoms with Gasteiger partial charge in [-0.1, -0.05) is 12.1 Å². The van der Waals surface area contributed by atoms with Gasteiger partial charge in [-0.15, -0.1) is 5.10 Å². The van der Waals surface area contributed by atoms with Crippen LogP contribution in [0.5, 0.6) is 5.75 Å². The smallest absolute Gasteiger partial charge is 0.350 e. The van der Waals surface area contributed by atoms with Crippen LogP contribution >= 0.6 is 0 Å². The molecule has 0 aliphatic carbocycles. The summed E-state index contributed by atoms with van der Waals surface area (Å²) in [5.74, 6) is 0.500. The Bertz CT molecular complexity index is 1020. The van der Waals surface area contributed by atoms with E-state index >= 15 is 0 Å². The topological polar surface area (TPSA) is 68.8 Å². The van der Waals surface area contributed by atoms with E-state index < -0.39 is 0 Å². The Morgan fingerprint density at radius 1 is 1.32 bits per heavy atom. The van der Waals surface area contributed by atoms with Crippen LogP contribution < -0.4 is 15.3 Å². The summed E-state index contributed by atoms with van der Waals surface area (Å²) in [5, 5.41) is 4.22. The predicted molar refractivity (Wildman–Crippen MR) is 93.1 cm³/mol. The largest absolute Gasteiger partial charge is 0.487 e. The van der Waals surface area contributed by atoms with Crippen molar-refractivity contribution in [2.75, 3.05) is 11.4 Å². The number of nitrogens with zero attached hydrogens (tertiary/aromatic N) is 4. The number of rotatable bonds is 2. The van der Waals surface area contributed by atoms with E-state index in [2.05, 4.69) is 5.10 Å². The molecule has 3 aromatic rings. The molecule has 2 aromatic heterocycles. The summed E-state index contributed by atoms with van der Waals surface area (Å²) in [5.41, 5.74) is 1.99. The molecule has 0 fully saturated rings. The maximum absolute atomic E-state index is 12.9. The first kappa shape index (κ1) is 15.4. The fraction of sp³-hybridized carbons (Fsp3) is 0.278. The number of hydrogen-bond acceptors (Lipinski definition) is 4. The monoisotopic (exact) mass is 338 g/mol. The van der Waals surface area contributed by atoms with Gasteiger partial charge in [-0.3, -0.25) is 9.20 Å². The molecule has 1 atom stereocenters. The number of aromatic nitrogens is 3. The third-order valence-electron chi connectivity index (χ3n) is 4.25. The number of amides is 1. The molecule has 7 heteroatoms. The van der Waals surface area contributed by atoms with Gasteiger partial charge in [0.1, 0.15) is 18.4 Å². The summed E-state index contributed by atoms with van der Waals surface area (Å²) < 4.78 is 8.46. The van der Waals surface area contributed by atoms with E-state index in [4.69, 9.17) is 4.74 Å². The normalized spacial score (nSPS) is 16.6. The SMILES string of the molecule is Cc1ccc2c(c1)O[C@@H](C)CN2C(=O)Cn1nc2ccccn2c1=O. The van der Waals surface area contributed by atoms with E-state index in [-0.39, 0.29) is 24.2 Å². The molecule has 0 unspecified atom stereocenters. The second-order valence-electron chi connectivity index (χ2n) is 6.27. The molecule has 3 heterocycles. The summed E-state index contributed by atoms with van der Waals surface area (Å²) in [4.78, 5) is 26.9. The summed E-state index contributed by atoms with van der Waals surface area (Å²) in [7, 11) is 0. The highest BCUT2D eigenvalue weighted by Crippen LogP contribution is 2.34. The van der Waals surface area contributed by atoms with Crippen LogP contribution in [0.4, 0.5) is 5.69 Å². The van der Waals surface area contributed by atoms with Crippen LogP contribution in [-0.4, -0.2) is 32.7 Å². The van der Waals surface area contributed by atoms with Gasteiger partial charge < -0.3 is 9.64 Å². The fourth-order valence-corrected chi connectivity index (χ4v) is 3.07. The summed E-state index contributed by atoms with van der Waals surface area (Å²) in [6, 6.07) is 11.0. The van der Waals surface area contributed by atoms with Gasteiger partial charge in [0.2, 0.25) is 5.91 Å². The highest BCUT2D eigenvalue weighted by atomic mass is 16.5. The van der Waals surface area contributed by atoms with Crippen molar-refractivity contribution in [3.63, 3.8) is 0 Å². The maximum atomic E-state index is 12.9. The average Bonchev–Trinajstić information content (AvgIpc) is 2.90. The van der Waals surface area contributed by atoms with Crippen LogP contribution in [0, 0.1) is 6.92 Å². The molecule has 1 aliphatic heterocycles. The van der Waals surface area contributed by atoms with Crippen LogP contribution in [-0.2, 0) is 11.3 Å². The molecule has 25 heavy (non-hydrogen) atoms. The molecule has 1 aliphatic rings. The van der Waals surface area contributed by atoms with Gasteiger partial charge in [0.25, 0.3) is 0 Å². The van der Waals surface area contributed by atoms with Crippen LogP contribution in [0.3, 0.4) is 0 Å². The molecule has 0 bridgehead atoms. The minimum Gasteiger partial charge on any atom is -0.487 e. The number of pyridine rings is 1. The molecular formula is C18H18N4O3. The molecule has 0 spiro atoms. The zero-order chi connectivity index (χ0) is 17.6. The molecule has 1 amide bonds. The Labute approximate surface area is 144 Å². The lowest BCUT2D eigenvalue weighted by molar-refractivity contribution is -0.119. The first-order valence-electron chi connectivity index (χ1n) is 8.15. The van der Waals surface area contributed by atoms with Crippen molar-refractivity contribution in [3.8, 4) is 5.75 Å². The van der Waals surface area contributed by atoms with Crippen molar-refractivity contribution >= 4 is 17.2 Å². The average molecular weight is 338 g/mol. The number of hydrogen-bond donors (Lipinski definition) is 0. The van der Waals surface area contributed by atoms with Crippen LogP contribution in [0.15, 0.2) is 47.4 Å². The molecular weight excluding hydrogens is 320 g/mol. The van der Waals surface area contributed by atoms with Crippen molar-refractivity contribution in [1.82, 2.24) is 14.2 Å². The summed E-state index contributed by atoms with van der Waals surface area (Å²) in [6.45, 7) is 4.23. The van der Waals surface area contributed by atoms with Crippen LogP contribution in [0.25, 0.3) is 5.65 Å². The van der Waals surface area contributed by atoms with Gasteiger partial charge in [-0.25, -0.2) is 9.48 Å². The molecule has 0 radical (unpaired) electrons. The molecule has 1 aromatic carbocycles. The number of carbonyl (C=O) groups is 1. The van der Waals surface area contributed by atoms with E-state index in [1.807, 2.05) is 32.0 Å². The van der Waals surface area contributed by atoms with Crippen LogP contribution in [0.1, 0.15) is 12.5 Å². The second-order valence-corrected chi connectivity index (χ2v) is 6.27. The number of carbonyl (C=O) groups excluding carboxylic acids is 1. The lowest BCUT2D eigenvalue weighted by Gasteiger charge is -2.33. The highest BCUT2D eigenvalue weighted by Gasteiger charge is 2.28. The Kier molecular flexibility index (Phi) is 3.56. The standard InChI is InChI=1S/C18H18N4O3/c1-12-6-7-14-15(9-12)25-13(2)10-21(14)17(23)11-22-18(24)20-8-4-3-5-16(20)19-22/h3-9,13H,10-11H2,1-2H3/t13-/m0/s1. The third kappa shape index (κ3) is 2.67. The van der Waals surface area contributed by atoms with Crippen molar-refractivity contribution in [2.24, 2.45) is 0 Å². The molecule has 0 saturated carbocycles. The van der Waals surface area contributed by atoms with Gasteiger partial charge in [0, 0.05) is 6.20 Å².